The van der Waals surface area contributed by atoms with E-state index < -0.39 is 0 Å². The maximum atomic E-state index is 9.23. The molecule has 3 heterocycles. The van der Waals surface area contributed by atoms with E-state index >= 15 is 0 Å². The fraction of sp³-hybridized carbons (Fsp3) is 0.545. The van der Waals surface area contributed by atoms with Crippen LogP contribution in [-0.4, -0.2) is 46.9 Å². The van der Waals surface area contributed by atoms with Crippen molar-refractivity contribution in [3.8, 4) is 11.8 Å². The van der Waals surface area contributed by atoms with Crippen LogP contribution in [0.2, 0.25) is 0 Å². The molecule has 2 fully saturated rings. The number of hydrogen-bond donors (Lipinski definition) is 0. The number of aromatic nitrogens is 2. The lowest BCUT2D eigenvalue weighted by atomic mass is 9.94. The van der Waals surface area contributed by atoms with Crippen molar-refractivity contribution in [1.82, 2.24) is 14.7 Å². The van der Waals surface area contributed by atoms with Crippen molar-refractivity contribution >= 4 is 5.69 Å². The Morgan fingerprint density at radius 2 is 1.70 bits per heavy atom. The van der Waals surface area contributed by atoms with E-state index in [1.54, 1.807) is 0 Å². The van der Waals surface area contributed by atoms with Crippen LogP contribution in [-0.2, 0) is 0 Å². The number of hydrogen-bond acceptors (Lipinski definition) is 4. The molecular formula is C22H29N5. The molecule has 0 aliphatic carbocycles. The molecule has 0 radical (unpaired) electrons. The highest BCUT2D eigenvalue weighted by molar-refractivity contribution is 5.51. The van der Waals surface area contributed by atoms with Crippen LogP contribution in [0, 0.1) is 31.1 Å². The molecule has 2 aliphatic heterocycles. The molecule has 5 nitrogen and oxygen atoms in total. The molecule has 142 valence electrons. The second kappa shape index (κ2) is 7.74. The summed E-state index contributed by atoms with van der Waals surface area (Å²) in [5, 5.41) is 13.8. The van der Waals surface area contributed by atoms with Gasteiger partial charge in [-0.2, -0.15) is 10.4 Å². The van der Waals surface area contributed by atoms with Crippen LogP contribution in [0.5, 0.6) is 0 Å². The molecule has 0 spiro atoms. The predicted molar refractivity (Wildman–Crippen MR) is 108 cm³/mol. The van der Waals surface area contributed by atoms with Gasteiger partial charge in [0.2, 0.25) is 0 Å². The van der Waals surface area contributed by atoms with E-state index in [0.29, 0.717) is 6.04 Å². The molecule has 2 aromatic rings. The molecule has 1 atom stereocenters. The third-order valence-corrected chi connectivity index (χ3v) is 6.09. The van der Waals surface area contributed by atoms with E-state index in [2.05, 4.69) is 58.2 Å². The number of nitrogens with zero attached hydrogens (tertiary/aromatic N) is 5. The van der Waals surface area contributed by atoms with Gasteiger partial charge in [-0.1, -0.05) is 0 Å². The van der Waals surface area contributed by atoms with E-state index in [0.717, 1.165) is 37.4 Å². The summed E-state index contributed by atoms with van der Waals surface area (Å²) in [6.45, 7) is 8.45. The highest BCUT2D eigenvalue weighted by Crippen LogP contribution is 2.27. The third kappa shape index (κ3) is 3.86. The van der Waals surface area contributed by atoms with Crippen LogP contribution in [0.25, 0.3) is 5.69 Å². The Morgan fingerprint density at radius 3 is 2.33 bits per heavy atom. The molecule has 4 rings (SSSR count). The zero-order valence-corrected chi connectivity index (χ0v) is 16.4. The van der Waals surface area contributed by atoms with Crippen molar-refractivity contribution in [1.29, 1.82) is 5.26 Å². The second-order valence-electron chi connectivity index (χ2n) is 8.04. The van der Waals surface area contributed by atoms with Gasteiger partial charge < -0.3 is 4.90 Å². The van der Waals surface area contributed by atoms with Gasteiger partial charge in [-0.05, 0) is 76.4 Å². The molecule has 1 aromatic heterocycles. The quantitative estimate of drug-likeness (QED) is 0.834. The number of benzene rings is 1. The average molecular weight is 364 g/mol. The Bertz CT molecular complexity index is 808. The van der Waals surface area contributed by atoms with Crippen LogP contribution >= 0.6 is 0 Å². The topological polar surface area (TPSA) is 48.1 Å². The van der Waals surface area contributed by atoms with Crippen LogP contribution in [0.15, 0.2) is 30.3 Å². The Morgan fingerprint density at radius 1 is 1.00 bits per heavy atom. The molecule has 0 amide bonds. The van der Waals surface area contributed by atoms with Crippen LogP contribution in [0.1, 0.15) is 37.1 Å². The van der Waals surface area contributed by atoms with Crippen LogP contribution < -0.4 is 4.90 Å². The first-order chi connectivity index (χ1) is 13.1. The normalized spacial score (nSPS) is 22.0. The molecule has 0 bridgehead atoms. The smallest absolute Gasteiger partial charge is 0.0669 e. The molecule has 5 heteroatoms. The first kappa shape index (κ1) is 18.1. The standard InChI is InChI=1S/C22H29N5/c1-17-14-18(2)27(24-17)22-7-5-20(6-8-22)25-12-9-21(10-13-25)26-11-3-4-19(15-23)16-26/h5-8,14,19,21H,3-4,9-13,16H2,1-2H3. The lowest BCUT2D eigenvalue weighted by molar-refractivity contribution is 0.122. The molecular weight excluding hydrogens is 334 g/mol. The first-order valence-electron chi connectivity index (χ1n) is 10.2. The first-order valence-corrected chi connectivity index (χ1v) is 10.2. The number of anilines is 1. The van der Waals surface area contributed by atoms with Crippen molar-refractivity contribution in [2.24, 2.45) is 5.92 Å². The number of rotatable bonds is 3. The third-order valence-electron chi connectivity index (χ3n) is 6.09. The Labute approximate surface area is 162 Å². The summed E-state index contributed by atoms with van der Waals surface area (Å²) >= 11 is 0. The van der Waals surface area contributed by atoms with Gasteiger partial charge in [-0.15, -0.1) is 0 Å². The highest BCUT2D eigenvalue weighted by atomic mass is 15.3. The summed E-state index contributed by atoms with van der Waals surface area (Å²) < 4.78 is 2.01. The fourth-order valence-corrected chi connectivity index (χ4v) is 4.63. The summed E-state index contributed by atoms with van der Waals surface area (Å²) in [7, 11) is 0. The minimum Gasteiger partial charge on any atom is -0.371 e. The van der Waals surface area contributed by atoms with Gasteiger partial charge in [0.1, 0.15) is 0 Å². The summed E-state index contributed by atoms with van der Waals surface area (Å²) in [5.41, 5.74) is 4.63. The molecule has 2 saturated heterocycles. The van der Waals surface area contributed by atoms with E-state index in [1.165, 1.54) is 37.2 Å². The SMILES string of the molecule is Cc1cc(C)n(-c2ccc(N3CCC(N4CCCC(C#N)C4)CC3)cc2)n1. The van der Waals surface area contributed by atoms with Crippen molar-refractivity contribution in [3.63, 3.8) is 0 Å². The fourth-order valence-electron chi connectivity index (χ4n) is 4.63. The van der Waals surface area contributed by atoms with E-state index in [1.807, 2.05) is 11.6 Å². The van der Waals surface area contributed by atoms with E-state index in [4.69, 9.17) is 0 Å². The minimum atomic E-state index is 0.235. The zero-order valence-electron chi connectivity index (χ0n) is 16.4. The largest absolute Gasteiger partial charge is 0.371 e. The van der Waals surface area contributed by atoms with Gasteiger partial charge in [-0.25, -0.2) is 4.68 Å². The molecule has 0 saturated carbocycles. The highest BCUT2D eigenvalue weighted by Gasteiger charge is 2.28. The molecule has 2 aliphatic rings. The summed E-state index contributed by atoms with van der Waals surface area (Å²) in [6, 6.07) is 14.0. The van der Waals surface area contributed by atoms with Crippen LogP contribution in [0.3, 0.4) is 0 Å². The Balaban J connectivity index is 1.37. The van der Waals surface area contributed by atoms with Gasteiger partial charge in [0, 0.05) is 37.1 Å². The number of nitriles is 1. The van der Waals surface area contributed by atoms with Crippen molar-refractivity contribution in [3.05, 3.63) is 41.7 Å². The van der Waals surface area contributed by atoms with E-state index in [9.17, 15) is 5.26 Å². The molecule has 1 unspecified atom stereocenters. The van der Waals surface area contributed by atoms with Crippen molar-refractivity contribution < 1.29 is 0 Å². The lowest BCUT2D eigenvalue weighted by Gasteiger charge is -2.41. The van der Waals surface area contributed by atoms with Gasteiger partial charge in [0.25, 0.3) is 0 Å². The average Bonchev–Trinajstić information content (AvgIpc) is 3.06. The number of likely N-dealkylation sites (tertiary alicyclic amines) is 1. The summed E-state index contributed by atoms with van der Waals surface area (Å²) in [5.74, 6) is 0.235. The Hall–Kier alpha value is -2.32. The van der Waals surface area contributed by atoms with Gasteiger partial charge in [0.05, 0.1) is 23.4 Å². The molecule has 0 N–H and O–H groups in total. The van der Waals surface area contributed by atoms with Crippen molar-refractivity contribution in [2.45, 2.75) is 45.6 Å². The van der Waals surface area contributed by atoms with Gasteiger partial charge in [-0.3, -0.25) is 4.90 Å². The van der Waals surface area contributed by atoms with Gasteiger partial charge >= 0.3 is 0 Å². The summed E-state index contributed by atoms with van der Waals surface area (Å²) in [4.78, 5) is 5.06. The van der Waals surface area contributed by atoms with E-state index in [-0.39, 0.29) is 5.92 Å². The molecule has 27 heavy (non-hydrogen) atoms. The maximum absolute atomic E-state index is 9.23. The summed E-state index contributed by atoms with van der Waals surface area (Å²) in [6.07, 6.45) is 4.63. The number of aryl methyl sites for hydroxylation is 2. The predicted octanol–water partition coefficient (Wildman–Crippen LogP) is 3.69. The Kier molecular flexibility index (Phi) is 5.18. The lowest BCUT2D eigenvalue weighted by Crippen LogP contribution is -2.48. The molecule has 1 aromatic carbocycles. The maximum Gasteiger partial charge on any atom is 0.0669 e. The zero-order chi connectivity index (χ0) is 18.8. The monoisotopic (exact) mass is 363 g/mol. The minimum absolute atomic E-state index is 0.235. The van der Waals surface area contributed by atoms with Gasteiger partial charge in [0.15, 0.2) is 0 Å². The second-order valence-corrected chi connectivity index (χ2v) is 8.04. The van der Waals surface area contributed by atoms with Crippen molar-refractivity contribution in [2.75, 3.05) is 31.1 Å². The number of piperidine rings is 2. The van der Waals surface area contributed by atoms with Crippen LogP contribution in [0.4, 0.5) is 5.69 Å².